The average Bonchev–Trinajstić information content (AvgIpc) is 2.52. The van der Waals surface area contributed by atoms with Gasteiger partial charge in [0.2, 0.25) is 11.8 Å². The number of rotatable bonds is 7. The molecule has 0 aromatic heterocycles. The molecule has 1 aromatic carbocycles. The third kappa shape index (κ3) is 6.08. The van der Waals surface area contributed by atoms with Crippen LogP contribution in [0, 0.1) is 18.2 Å². The van der Waals surface area contributed by atoms with Gasteiger partial charge in [0, 0.05) is 19.8 Å². The van der Waals surface area contributed by atoms with Gasteiger partial charge in [0.15, 0.2) is 0 Å². The van der Waals surface area contributed by atoms with Crippen molar-refractivity contribution in [3.63, 3.8) is 0 Å². The van der Waals surface area contributed by atoms with Crippen LogP contribution in [-0.2, 0) is 25.5 Å². The van der Waals surface area contributed by atoms with Crippen molar-refractivity contribution in [1.29, 1.82) is 0 Å². The molecule has 7 heteroatoms. The van der Waals surface area contributed by atoms with E-state index < -0.39 is 35.7 Å². The molecule has 6 nitrogen and oxygen atoms in total. The van der Waals surface area contributed by atoms with E-state index in [0.29, 0.717) is 5.56 Å². The van der Waals surface area contributed by atoms with Gasteiger partial charge < -0.3 is 15.4 Å². The van der Waals surface area contributed by atoms with Gasteiger partial charge >= 0.3 is 5.97 Å². The molecule has 1 rings (SSSR count). The molecule has 2 amide bonds. The van der Waals surface area contributed by atoms with Crippen molar-refractivity contribution in [2.75, 3.05) is 7.11 Å². The lowest BCUT2D eigenvalue weighted by Gasteiger charge is -2.21. The van der Waals surface area contributed by atoms with E-state index in [1.54, 1.807) is 6.07 Å². The first-order chi connectivity index (χ1) is 11.4. The van der Waals surface area contributed by atoms with Crippen molar-refractivity contribution in [3.8, 4) is 12.3 Å². The van der Waals surface area contributed by atoms with Gasteiger partial charge in [-0.1, -0.05) is 12.1 Å². The number of carbonyl (C=O) groups excluding carboxylic acids is 3. The summed E-state index contributed by atoms with van der Waals surface area (Å²) in [4.78, 5) is 35.3. The number of amides is 2. The lowest BCUT2D eigenvalue weighted by Crippen LogP contribution is -2.52. The Morgan fingerprint density at radius 1 is 1.29 bits per heavy atom. The van der Waals surface area contributed by atoms with Crippen molar-refractivity contribution in [2.24, 2.45) is 0 Å². The number of hydrogen-bond donors (Lipinski definition) is 2. The van der Waals surface area contributed by atoms with Crippen molar-refractivity contribution >= 4 is 17.8 Å². The van der Waals surface area contributed by atoms with Gasteiger partial charge in [-0.05, 0) is 17.7 Å². The van der Waals surface area contributed by atoms with Crippen molar-refractivity contribution in [2.45, 2.75) is 31.8 Å². The zero-order chi connectivity index (χ0) is 18.1. The molecule has 0 fully saturated rings. The van der Waals surface area contributed by atoms with E-state index >= 15 is 0 Å². The fourth-order valence-corrected chi connectivity index (χ4v) is 2.08. The summed E-state index contributed by atoms with van der Waals surface area (Å²) < 4.78 is 17.8. The monoisotopic (exact) mass is 334 g/mol. The van der Waals surface area contributed by atoms with Gasteiger partial charge in [-0.2, -0.15) is 0 Å². The molecule has 128 valence electrons. The zero-order valence-electron chi connectivity index (χ0n) is 13.5. The maximum absolute atomic E-state index is 13.3. The molecule has 0 aliphatic heterocycles. The molecule has 0 heterocycles. The second kappa shape index (κ2) is 9.30. The summed E-state index contributed by atoms with van der Waals surface area (Å²) in [5.41, 5.74) is 0.524. The molecule has 0 unspecified atom stereocenters. The smallest absolute Gasteiger partial charge is 0.329 e. The minimum Gasteiger partial charge on any atom is -0.467 e. The number of benzene rings is 1. The van der Waals surface area contributed by atoms with E-state index in [-0.39, 0.29) is 12.8 Å². The van der Waals surface area contributed by atoms with Crippen LogP contribution in [0.5, 0.6) is 0 Å². The predicted molar refractivity (Wildman–Crippen MR) is 85.1 cm³/mol. The van der Waals surface area contributed by atoms with Crippen LogP contribution in [0.2, 0.25) is 0 Å². The van der Waals surface area contributed by atoms with Gasteiger partial charge in [0.1, 0.15) is 17.9 Å². The predicted octanol–water partition coefficient (Wildman–Crippen LogP) is 0.554. The summed E-state index contributed by atoms with van der Waals surface area (Å²) in [6.07, 6.45) is 5.19. The van der Waals surface area contributed by atoms with Crippen LogP contribution in [0.4, 0.5) is 4.39 Å². The number of ether oxygens (including phenoxy) is 1. The summed E-state index contributed by atoms with van der Waals surface area (Å²) in [7, 11) is 1.18. The molecule has 1 aromatic rings. The first-order valence-corrected chi connectivity index (χ1v) is 7.20. The number of nitrogens with one attached hydrogen (secondary N) is 2. The van der Waals surface area contributed by atoms with Crippen LogP contribution >= 0.6 is 0 Å². The summed E-state index contributed by atoms with van der Waals surface area (Å²) in [5, 5.41) is 4.92. The summed E-state index contributed by atoms with van der Waals surface area (Å²) in [5.74, 6) is 0.0932. The Hall–Kier alpha value is -2.88. The first-order valence-electron chi connectivity index (χ1n) is 7.20. The summed E-state index contributed by atoms with van der Waals surface area (Å²) >= 11 is 0. The Bertz CT molecular complexity index is 654. The van der Waals surface area contributed by atoms with Crippen LogP contribution in [0.3, 0.4) is 0 Å². The highest BCUT2D eigenvalue weighted by Crippen LogP contribution is 2.07. The summed E-state index contributed by atoms with van der Waals surface area (Å²) in [6, 6.07) is 3.68. The minimum atomic E-state index is -1.02. The molecule has 0 saturated carbocycles. The Balaban J connectivity index is 2.89. The van der Waals surface area contributed by atoms with E-state index in [2.05, 4.69) is 21.3 Å². The highest BCUT2D eigenvalue weighted by atomic mass is 19.1. The van der Waals surface area contributed by atoms with Gasteiger partial charge in [0.05, 0.1) is 7.11 Å². The molecular formula is C17H19FN2O4. The van der Waals surface area contributed by atoms with Crippen LogP contribution in [0.25, 0.3) is 0 Å². The van der Waals surface area contributed by atoms with Crippen LogP contribution in [-0.4, -0.2) is 37.0 Å². The molecule has 0 aliphatic carbocycles. The largest absolute Gasteiger partial charge is 0.467 e. The molecule has 0 radical (unpaired) electrons. The molecule has 0 aliphatic rings. The third-order valence-electron chi connectivity index (χ3n) is 3.15. The van der Waals surface area contributed by atoms with Gasteiger partial charge in [-0.25, -0.2) is 9.18 Å². The topological polar surface area (TPSA) is 84.5 Å². The van der Waals surface area contributed by atoms with Crippen LogP contribution in [0.1, 0.15) is 18.9 Å². The van der Waals surface area contributed by atoms with Gasteiger partial charge in [-0.15, -0.1) is 12.3 Å². The van der Waals surface area contributed by atoms with Crippen molar-refractivity contribution in [3.05, 3.63) is 35.6 Å². The van der Waals surface area contributed by atoms with E-state index in [0.717, 1.165) is 0 Å². The standard InChI is InChI=1S/C17H19FN2O4/c1-4-6-14(17(23)24-3)20-16(22)15(19-11(2)21)10-12-7-5-8-13(18)9-12/h1,5,7-9,14-15H,6,10H2,2-3H3,(H,19,21)(H,20,22)/t14-,15+/m1/s1. The Labute approximate surface area is 139 Å². The van der Waals surface area contributed by atoms with Crippen LogP contribution < -0.4 is 10.6 Å². The highest BCUT2D eigenvalue weighted by Gasteiger charge is 2.26. The highest BCUT2D eigenvalue weighted by molar-refractivity contribution is 5.90. The normalized spacial score (nSPS) is 12.4. The lowest BCUT2D eigenvalue weighted by molar-refractivity contribution is -0.145. The quantitative estimate of drug-likeness (QED) is 0.563. The van der Waals surface area contributed by atoms with Gasteiger partial charge in [0.25, 0.3) is 0 Å². The van der Waals surface area contributed by atoms with E-state index in [1.165, 1.54) is 32.2 Å². The van der Waals surface area contributed by atoms with Gasteiger partial charge in [-0.3, -0.25) is 9.59 Å². The van der Waals surface area contributed by atoms with Crippen molar-refractivity contribution < 1.29 is 23.5 Å². The van der Waals surface area contributed by atoms with E-state index in [4.69, 9.17) is 6.42 Å². The molecule has 2 atom stereocenters. The van der Waals surface area contributed by atoms with E-state index in [9.17, 15) is 18.8 Å². The Kier molecular flexibility index (Phi) is 7.43. The number of hydrogen-bond acceptors (Lipinski definition) is 4. The minimum absolute atomic E-state index is 0.0504. The molecule has 2 N–H and O–H groups in total. The number of esters is 1. The Morgan fingerprint density at radius 2 is 2.00 bits per heavy atom. The van der Waals surface area contributed by atoms with E-state index in [1.807, 2.05) is 0 Å². The number of terminal acetylenes is 1. The fourth-order valence-electron chi connectivity index (χ4n) is 2.08. The molecule has 0 spiro atoms. The Morgan fingerprint density at radius 3 is 2.54 bits per heavy atom. The maximum atomic E-state index is 13.3. The SMILES string of the molecule is C#CC[C@@H](NC(=O)[C@H](Cc1cccc(F)c1)NC(C)=O)C(=O)OC. The first kappa shape index (κ1) is 19.2. The van der Waals surface area contributed by atoms with Crippen LogP contribution in [0.15, 0.2) is 24.3 Å². The zero-order valence-corrected chi connectivity index (χ0v) is 13.5. The molecule has 0 bridgehead atoms. The summed E-state index contributed by atoms with van der Waals surface area (Å²) in [6.45, 7) is 1.26. The molecular weight excluding hydrogens is 315 g/mol. The second-order valence-electron chi connectivity index (χ2n) is 5.08. The number of carbonyl (C=O) groups is 3. The number of methoxy groups -OCH3 is 1. The van der Waals surface area contributed by atoms with Crippen molar-refractivity contribution in [1.82, 2.24) is 10.6 Å². The lowest BCUT2D eigenvalue weighted by atomic mass is 10.0. The number of halogens is 1. The fraction of sp³-hybridized carbons (Fsp3) is 0.353. The molecule has 24 heavy (non-hydrogen) atoms. The average molecular weight is 334 g/mol. The second-order valence-corrected chi connectivity index (χ2v) is 5.08. The molecule has 0 saturated heterocycles. The maximum Gasteiger partial charge on any atom is 0.329 e. The third-order valence-corrected chi connectivity index (χ3v) is 3.15.